The third-order valence-electron chi connectivity index (χ3n) is 4.53. The quantitative estimate of drug-likeness (QED) is 0.922. The average Bonchev–Trinajstić information content (AvgIpc) is 2.83. The lowest BCUT2D eigenvalue weighted by molar-refractivity contribution is 0.0164. The van der Waals surface area contributed by atoms with E-state index in [9.17, 15) is 0 Å². The second kappa shape index (κ2) is 5.51. The smallest absolute Gasteiger partial charge is 0.0794 e. The highest BCUT2D eigenvalue weighted by Gasteiger charge is 2.39. The van der Waals surface area contributed by atoms with Crippen molar-refractivity contribution in [1.29, 1.82) is 0 Å². The van der Waals surface area contributed by atoms with Gasteiger partial charge in [0, 0.05) is 42.3 Å². The van der Waals surface area contributed by atoms with Gasteiger partial charge in [-0.15, -0.1) is 11.3 Å². The van der Waals surface area contributed by atoms with Gasteiger partial charge in [0.1, 0.15) is 0 Å². The van der Waals surface area contributed by atoms with Crippen molar-refractivity contribution in [3.05, 3.63) is 16.6 Å². The highest BCUT2D eigenvalue weighted by Crippen LogP contribution is 2.31. The molecule has 0 amide bonds. The average molecular weight is 281 g/mol. The normalized spacial score (nSPS) is 29.6. The van der Waals surface area contributed by atoms with E-state index in [1.807, 2.05) is 11.7 Å². The Morgan fingerprint density at radius 1 is 1.53 bits per heavy atom. The molecule has 0 saturated carbocycles. The van der Waals surface area contributed by atoms with Crippen molar-refractivity contribution in [3.8, 4) is 0 Å². The van der Waals surface area contributed by atoms with Gasteiger partial charge in [0.25, 0.3) is 0 Å². The second-order valence-electron chi connectivity index (χ2n) is 7.00. The zero-order chi connectivity index (χ0) is 14.1. The molecule has 1 N–H and O–H groups in total. The van der Waals surface area contributed by atoms with Crippen LogP contribution >= 0.6 is 11.3 Å². The number of nitrogens with one attached hydrogen (secondary N) is 1. The lowest BCUT2D eigenvalue weighted by Crippen LogP contribution is -2.65. The van der Waals surface area contributed by atoms with E-state index in [1.165, 1.54) is 11.3 Å². The van der Waals surface area contributed by atoms with E-state index in [4.69, 9.17) is 0 Å². The molecule has 108 valence electrons. The van der Waals surface area contributed by atoms with Crippen LogP contribution in [-0.2, 0) is 6.54 Å². The molecule has 0 aromatic carbocycles. The molecule has 19 heavy (non-hydrogen) atoms. The van der Waals surface area contributed by atoms with Crippen molar-refractivity contribution in [1.82, 2.24) is 15.2 Å². The first-order valence-corrected chi connectivity index (χ1v) is 8.09. The molecule has 2 unspecified atom stereocenters. The minimum Gasteiger partial charge on any atom is -0.310 e. The molecule has 1 saturated heterocycles. The van der Waals surface area contributed by atoms with Crippen molar-refractivity contribution in [2.75, 3.05) is 13.1 Å². The van der Waals surface area contributed by atoms with Crippen LogP contribution in [0.2, 0.25) is 0 Å². The van der Waals surface area contributed by atoms with Gasteiger partial charge in [-0.1, -0.05) is 27.7 Å². The van der Waals surface area contributed by atoms with E-state index in [1.54, 1.807) is 11.3 Å². The number of hydrogen-bond acceptors (Lipinski definition) is 4. The summed E-state index contributed by atoms with van der Waals surface area (Å²) in [4.78, 5) is 8.22. The minimum absolute atomic E-state index is 0.256. The summed E-state index contributed by atoms with van der Waals surface area (Å²) < 4.78 is 0. The Kier molecular flexibility index (Phi) is 4.33. The van der Waals surface area contributed by atoms with Crippen LogP contribution in [0.4, 0.5) is 0 Å². The minimum atomic E-state index is 0.256. The van der Waals surface area contributed by atoms with E-state index in [-0.39, 0.29) is 5.54 Å². The number of thiazole rings is 1. The number of aromatic nitrogens is 1. The molecular weight excluding hydrogens is 254 g/mol. The summed E-state index contributed by atoms with van der Waals surface area (Å²) in [5, 5.41) is 3.76. The van der Waals surface area contributed by atoms with Crippen LogP contribution < -0.4 is 5.32 Å². The number of nitrogens with zero attached hydrogens (tertiary/aromatic N) is 2. The molecule has 0 spiro atoms. The molecule has 2 rings (SSSR count). The Balaban J connectivity index is 2.13. The van der Waals surface area contributed by atoms with Gasteiger partial charge >= 0.3 is 0 Å². The monoisotopic (exact) mass is 281 g/mol. The molecule has 1 fully saturated rings. The third-order valence-corrected chi connectivity index (χ3v) is 5.30. The largest absolute Gasteiger partial charge is 0.310 e. The van der Waals surface area contributed by atoms with Crippen LogP contribution in [0, 0.1) is 5.41 Å². The fourth-order valence-electron chi connectivity index (χ4n) is 2.65. The van der Waals surface area contributed by atoms with Gasteiger partial charge in [-0.25, -0.2) is 0 Å². The molecule has 0 aliphatic carbocycles. The highest BCUT2D eigenvalue weighted by atomic mass is 32.1. The van der Waals surface area contributed by atoms with Crippen LogP contribution in [0.3, 0.4) is 0 Å². The van der Waals surface area contributed by atoms with Gasteiger partial charge in [0.15, 0.2) is 0 Å². The zero-order valence-electron chi connectivity index (χ0n) is 12.9. The van der Waals surface area contributed by atoms with E-state index in [0.717, 1.165) is 19.6 Å². The molecule has 2 atom stereocenters. The Hall–Kier alpha value is -0.450. The van der Waals surface area contributed by atoms with Gasteiger partial charge in [-0.3, -0.25) is 9.88 Å². The molecule has 0 radical (unpaired) electrons. The molecule has 0 bridgehead atoms. The predicted molar refractivity (Wildman–Crippen MR) is 82.5 cm³/mol. The second-order valence-corrected chi connectivity index (χ2v) is 7.97. The first-order chi connectivity index (χ1) is 8.85. The Morgan fingerprint density at radius 3 is 2.79 bits per heavy atom. The lowest BCUT2D eigenvalue weighted by atomic mass is 9.81. The van der Waals surface area contributed by atoms with E-state index < -0.39 is 0 Å². The maximum absolute atomic E-state index is 4.21. The van der Waals surface area contributed by atoms with Crippen molar-refractivity contribution in [2.45, 2.75) is 59.2 Å². The molecule has 1 aromatic rings. The SMILES string of the molecule is CCC1(C)CNC(C(C)(C)C)CN1Cc1cncs1. The first-order valence-electron chi connectivity index (χ1n) is 7.21. The molecule has 1 aromatic heterocycles. The molecule has 4 heteroatoms. The van der Waals surface area contributed by atoms with Crippen LogP contribution in [0.15, 0.2) is 11.7 Å². The third kappa shape index (κ3) is 3.36. The maximum atomic E-state index is 4.21. The predicted octanol–water partition coefficient (Wildman–Crippen LogP) is 3.13. The Labute approximate surface area is 121 Å². The fourth-order valence-corrected chi connectivity index (χ4v) is 3.26. The Morgan fingerprint density at radius 2 is 2.26 bits per heavy atom. The van der Waals surface area contributed by atoms with Crippen molar-refractivity contribution in [2.24, 2.45) is 5.41 Å². The Bertz CT molecular complexity index is 396. The number of rotatable bonds is 3. The van der Waals surface area contributed by atoms with Crippen LogP contribution in [0.25, 0.3) is 0 Å². The van der Waals surface area contributed by atoms with Gasteiger partial charge < -0.3 is 5.32 Å². The van der Waals surface area contributed by atoms with E-state index in [0.29, 0.717) is 11.5 Å². The summed E-state index contributed by atoms with van der Waals surface area (Å²) in [6.07, 6.45) is 3.19. The molecule has 3 nitrogen and oxygen atoms in total. The maximum Gasteiger partial charge on any atom is 0.0794 e. The van der Waals surface area contributed by atoms with E-state index in [2.05, 4.69) is 49.8 Å². The van der Waals surface area contributed by atoms with Crippen LogP contribution in [0.5, 0.6) is 0 Å². The van der Waals surface area contributed by atoms with Crippen LogP contribution in [-0.4, -0.2) is 34.6 Å². The van der Waals surface area contributed by atoms with Crippen molar-refractivity contribution >= 4 is 11.3 Å². The summed E-state index contributed by atoms with van der Waals surface area (Å²) in [6, 6.07) is 0.556. The van der Waals surface area contributed by atoms with Crippen molar-refractivity contribution in [3.63, 3.8) is 0 Å². The van der Waals surface area contributed by atoms with E-state index >= 15 is 0 Å². The highest BCUT2D eigenvalue weighted by molar-refractivity contribution is 7.09. The molecular formula is C15H27N3S. The molecule has 1 aliphatic rings. The van der Waals surface area contributed by atoms with Gasteiger partial charge in [-0.05, 0) is 18.8 Å². The summed E-state index contributed by atoms with van der Waals surface area (Å²) in [5.74, 6) is 0. The lowest BCUT2D eigenvalue weighted by Gasteiger charge is -2.50. The van der Waals surface area contributed by atoms with Gasteiger partial charge in [0.2, 0.25) is 0 Å². The molecule has 1 aliphatic heterocycles. The zero-order valence-corrected chi connectivity index (χ0v) is 13.7. The summed E-state index contributed by atoms with van der Waals surface area (Å²) in [6.45, 7) is 14.9. The summed E-state index contributed by atoms with van der Waals surface area (Å²) in [7, 11) is 0. The molecule has 2 heterocycles. The van der Waals surface area contributed by atoms with Gasteiger partial charge in [-0.2, -0.15) is 0 Å². The fraction of sp³-hybridized carbons (Fsp3) is 0.800. The first kappa shape index (κ1) is 14.9. The standard InChI is InChI=1S/C15H27N3S/c1-6-15(5)10-17-13(14(2,3)4)9-18(15)8-12-7-16-11-19-12/h7,11,13,17H,6,8-10H2,1-5H3. The number of piperazine rings is 1. The summed E-state index contributed by atoms with van der Waals surface area (Å²) in [5.41, 5.74) is 2.49. The van der Waals surface area contributed by atoms with Crippen molar-refractivity contribution < 1.29 is 0 Å². The summed E-state index contributed by atoms with van der Waals surface area (Å²) >= 11 is 1.76. The van der Waals surface area contributed by atoms with Gasteiger partial charge in [0.05, 0.1) is 5.51 Å². The topological polar surface area (TPSA) is 28.2 Å². The number of hydrogen-bond donors (Lipinski definition) is 1. The van der Waals surface area contributed by atoms with Crippen LogP contribution in [0.1, 0.15) is 45.9 Å².